The molecule has 7 N–H and O–H groups in total. The molecule has 2 heterocycles. The van der Waals surface area contributed by atoms with Crippen LogP contribution >= 0.6 is 0 Å². The van der Waals surface area contributed by atoms with Gasteiger partial charge in [-0.25, -0.2) is 9.79 Å². The fourth-order valence-electron chi connectivity index (χ4n) is 4.63. The summed E-state index contributed by atoms with van der Waals surface area (Å²) in [6.07, 6.45) is -0.513. The van der Waals surface area contributed by atoms with Gasteiger partial charge < -0.3 is 22.2 Å². The van der Waals surface area contributed by atoms with Crippen molar-refractivity contribution < 1.29 is 18.0 Å². The van der Waals surface area contributed by atoms with Crippen LogP contribution in [-0.2, 0) is 36.9 Å². The summed E-state index contributed by atoms with van der Waals surface area (Å²) in [4.78, 5) is 36.3. The van der Waals surface area contributed by atoms with Crippen LogP contribution < -0.4 is 22.9 Å². The van der Waals surface area contributed by atoms with Gasteiger partial charge in [0.1, 0.15) is 5.65 Å². The van der Waals surface area contributed by atoms with Gasteiger partial charge in [-0.05, 0) is 79.1 Å². The van der Waals surface area contributed by atoms with Crippen LogP contribution in [0.2, 0.25) is 0 Å². The predicted molar refractivity (Wildman–Crippen MR) is 157 cm³/mol. The number of carbonyl (C=O) groups is 1. The number of hydrogen-bond donors (Lipinski definition) is 4. The summed E-state index contributed by atoms with van der Waals surface area (Å²) in [7, 11) is 0. The van der Waals surface area contributed by atoms with Crippen LogP contribution in [-0.4, -0.2) is 32.3 Å². The van der Waals surface area contributed by atoms with Gasteiger partial charge in [-0.3, -0.25) is 9.36 Å². The van der Waals surface area contributed by atoms with Gasteiger partial charge in [0.15, 0.2) is 11.7 Å². The van der Waals surface area contributed by atoms with Crippen LogP contribution in [0, 0.1) is 0 Å². The second-order valence-corrected chi connectivity index (χ2v) is 10.5. The molecular weight excluding hydrogens is 547 g/mol. The molecule has 0 bridgehead atoms. The van der Waals surface area contributed by atoms with E-state index in [1.54, 1.807) is 12.1 Å². The maximum absolute atomic E-state index is 13.7. The van der Waals surface area contributed by atoms with E-state index in [9.17, 15) is 22.8 Å². The number of nitrogens with two attached hydrogens (primary N) is 3. The summed E-state index contributed by atoms with van der Waals surface area (Å²) in [5, 5.41) is 0.504. The Kier molecular flexibility index (Phi) is 9.46. The first kappa shape index (κ1) is 30.5. The SMILES string of the molecule is C[C@H](N)CCCc1cc(-c2cc3cn(CC(=O)CCc4ccc(CN=C(N)N)cc4)c(=O)nc3[nH]2)cc(C(F)(F)F)c1. The summed E-state index contributed by atoms with van der Waals surface area (Å²) < 4.78 is 42.2. The predicted octanol–water partition coefficient (Wildman–Crippen LogP) is 4.06. The topological polar surface area (TPSA) is 158 Å². The second-order valence-electron chi connectivity index (χ2n) is 10.5. The Bertz CT molecular complexity index is 1630. The lowest BCUT2D eigenvalue weighted by Crippen LogP contribution is -2.26. The number of alkyl halides is 3. The van der Waals surface area contributed by atoms with E-state index in [4.69, 9.17) is 17.2 Å². The highest BCUT2D eigenvalue weighted by atomic mass is 19.4. The minimum atomic E-state index is -4.52. The number of rotatable bonds is 12. The molecule has 0 spiro atoms. The van der Waals surface area contributed by atoms with Crippen LogP contribution in [0.1, 0.15) is 48.4 Å². The van der Waals surface area contributed by atoms with Gasteiger partial charge >= 0.3 is 11.9 Å². The zero-order valence-corrected chi connectivity index (χ0v) is 23.2. The summed E-state index contributed by atoms with van der Waals surface area (Å²) in [6.45, 7) is 2.05. The van der Waals surface area contributed by atoms with Crippen molar-refractivity contribution in [3.05, 3.63) is 87.5 Å². The average molecular weight is 582 g/mol. The van der Waals surface area contributed by atoms with Crippen molar-refractivity contribution in [2.24, 2.45) is 22.2 Å². The van der Waals surface area contributed by atoms with Gasteiger partial charge in [0.25, 0.3) is 0 Å². The first-order chi connectivity index (χ1) is 19.9. The standard InChI is InChI=1S/C30H34F3N7O2/c1-18(34)3-2-4-21-11-22(13-24(12-21)30(31,32)33)26-14-23-16-40(29(42)39-27(23)38-26)17-25(41)10-9-19-5-7-20(8-6-19)15-37-28(35)36/h5-8,11-14,16,18H,2-4,9-10,15,17,34H2,1H3,(H4,35,36,37)(H,38,39,42)/t18-/m0/s1. The van der Waals surface area contributed by atoms with Crippen LogP contribution in [0.3, 0.4) is 0 Å². The van der Waals surface area contributed by atoms with Crippen LogP contribution in [0.5, 0.6) is 0 Å². The number of nitrogens with one attached hydrogen (secondary N) is 1. The molecule has 2 aromatic carbocycles. The van der Waals surface area contributed by atoms with Crippen molar-refractivity contribution in [1.82, 2.24) is 14.5 Å². The molecule has 0 aliphatic carbocycles. The number of H-pyrrole nitrogens is 1. The van der Waals surface area contributed by atoms with E-state index in [0.29, 0.717) is 54.4 Å². The Morgan fingerprint density at radius 3 is 2.43 bits per heavy atom. The molecule has 4 aromatic rings. The lowest BCUT2D eigenvalue weighted by Gasteiger charge is -2.12. The normalized spacial score (nSPS) is 12.4. The number of aromatic amines is 1. The summed E-state index contributed by atoms with van der Waals surface area (Å²) >= 11 is 0. The third kappa shape index (κ3) is 8.29. The zero-order valence-electron chi connectivity index (χ0n) is 23.2. The molecule has 0 aliphatic rings. The highest BCUT2D eigenvalue weighted by molar-refractivity contribution is 5.83. The number of carbonyl (C=O) groups excluding carboxylic acids is 1. The van der Waals surface area contributed by atoms with Gasteiger partial charge in [-0.15, -0.1) is 0 Å². The quantitative estimate of drug-likeness (QED) is 0.146. The van der Waals surface area contributed by atoms with Gasteiger partial charge in [-0.2, -0.15) is 18.2 Å². The Morgan fingerprint density at radius 2 is 1.76 bits per heavy atom. The molecule has 222 valence electrons. The molecule has 1 atom stereocenters. The Morgan fingerprint density at radius 1 is 1.05 bits per heavy atom. The summed E-state index contributed by atoms with van der Waals surface area (Å²) in [6, 6.07) is 13.1. The molecule has 42 heavy (non-hydrogen) atoms. The third-order valence-corrected chi connectivity index (χ3v) is 6.84. The first-order valence-electron chi connectivity index (χ1n) is 13.6. The molecule has 0 amide bonds. The number of guanidine groups is 1. The Labute approximate surface area is 240 Å². The van der Waals surface area contributed by atoms with E-state index >= 15 is 0 Å². The molecule has 0 fully saturated rings. The molecule has 0 saturated heterocycles. The molecule has 4 rings (SSSR count). The van der Waals surface area contributed by atoms with E-state index in [1.807, 2.05) is 31.2 Å². The van der Waals surface area contributed by atoms with Crippen LogP contribution in [0.15, 0.2) is 64.5 Å². The highest BCUT2D eigenvalue weighted by Gasteiger charge is 2.31. The number of benzene rings is 2. The first-order valence-corrected chi connectivity index (χ1v) is 13.6. The van der Waals surface area contributed by atoms with Crippen molar-refractivity contribution in [2.45, 2.75) is 64.3 Å². The number of hydrogen-bond acceptors (Lipinski definition) is 5. The van der Waals surface area contributed by atoms with Crippen molar-refractivity contribution in [3.63, 3.8) is 0 Å². The van der Waals surface area contributed by atoms with Crippen LogP contribution in [0.25, 0.3) is 22.3 Å². The largest absolute Gasteiger partial charge is 0.416 e. The monoisotopic (exact) mass is 581 g/mol. The van der Waals surface area contributed by atoms with Crippen molar-refractivity contribution in [3.8, 4) is 11.3 Å². The van der Waals surface area contributed by atoms with Crippen molar-refractivity contribution >= 4 is 22.8 Å². The Hall–Kier alpha value is -4.45. The molecule has 0 unspecified atom stereocenters. The smallest absolute Gasteiger partial charge is 0.370 e. The van der Waals surface area contributed by atoms with E-state index < -0.39 is 17.4 Å². The fraction of sp³-hybridized carbons (Fsp3) is 0.333. The second kappa shape index (κ2) is 13.0. The molecule has 2 aromatic heterocycles. The minimum Gasteiger partial charge on any atom is -0.370 e. The van der Waals surface area contributed by atoms with Gasteiger partial charge in [0, 0.05) is 29.7 Å². The maximum atomic E-state index is 13.7. The highest BCUT2D eigenvalue weighted by Crippen LogP contribution is 2.34. The number of Topliss-reactive ketones (excluding diaryl/α,β-unsaturated/α-hetero) is 1. The zero-order chi connectivity index (χ0) is 30.4. The van der Waals surface area contributed by atoms with Gasteiger partial charge in [0.05, 0.1) is 18.7 Å². The maximum Gasteiger partial charge on any atom is 0.416 e. The van der Waals surface area contributed by atoms with Crippen LogP contribution in [0.4, 0.5) is 13.2 Å². The van der Waals surface area contributed by atoms with E-state index in [0.717, 1.165) is 23.3 Å². The fourth-order valence-corrected chi connectivity index (χ4v) is 4.63. The van der Waals surface area contributed by atoms with E-state index in [1.165, 1.54) is 10.8 Å². The summed E-state index contributed by atoms with van der Waals surface area (Å²) in [5.74, 6) is -0.148. The number of halogens is 3. The van der Waals surface area contributed by atoms with Gasteiger partial charge in [0.2, 0.25) is 0 Å². The average Bonchev–Trinajstić information content (AvgIpc) is 3.33. The lowest BCUT2D eigenvalue weighted by molar-refractivity contribution is -0.137. The number of ketones is 1. The third-order valence-electron chi connectivity index (χ3n) is 6.84. The molecule has 0 radical (unpaired) electrons. The van der Waals surface area contributed by atoms with E-state index in [-0.39, 0.29) is 36.4 Å². The number of fused-ring (bicyclic) bond motifs is 1. The Balaban J connectivity index is 1.48. The molecule has 0 saturated carbocycles. The minimum absolute atomic E-state index is 0.0111. The molecule has 12 heteroatoms. The van der Waals surface area contributed by atoms with Crippen molar-refractivity contribution in [2.75, 3.05) is 0 Å². The number of nitrogens with zero attached hydrogens (tertiary/aromatic N) is 3. The van der Waals surface area contributed by atoms with E-state index in [2.05, 4.69) is 15.0 Å². The number of aromatic nitrogens is 3. The molecular formula is C30H34F3N7O2. The number of aliphatic imine (C=N–C) groups is 1. The van der Waals surface area contributed by atoms with Crippen molar-refractivity contribution in [1.29, 1.82) is 0 Å². The lowest BCUT2D eigenvalue weighted by atomic mass is 9.99. The summed E-state index contributed by atoms with van der Waals surface area (Å²) in [5.41, 5.74) is 18.5. The number of aryl methyl sites for hydroxylation is 2. The molecule has 0 aliphatic heterocycles. The van der Waals surface area contributed by atoms with Gasteiger partial charge in [-0.1, -0.05) is 24.3 Å². The molecule has 9 nitrogen and oxygen atoms in total.